The molecule has 2 aromatic carbocycles. The van der Waals surface area contributed by atoms with Gasteiger partial charge in [-0.2, -0.15) is 0 Å². The fourth-order valence-corrected chi connectivity index (χ4v) is 2.19. The summed E-state index contributed by atoms with van der Waals surface area (Å²) in [5, 5.41) is 10.3. The molecule has 0 fully saturated rings. The molecule has 3 nitrogen and oxygen atoms in total. The average Bonchev–Trinajstić information content (AvgIpc) is 2.46. The van der Waals surface area contributed by atoms with Crippen LogP contribution in [0.2, 0.25) is 5.02 Å². The number of hydrogen-bond donors (Lipinski definition) is 1. The van der Waals surface area contributed by atoms with Gasteiger partial charge in [-0.1, -0.05) is 11.6 Å². The molecule has 0 heterocycles. The number of hydrogen-bond acceptors (Lipinski definition) is 3. The molecule has 0 bridgehead atoms. The van der Waals surface area contributed by atoms with Crippen LogP contribution >= 0.6 is 11.6 Å². The predicted molar refractivity (Wildman–Crippen MR) is 79.4 cm³/mol. The number of halogens is 2. The normalized spacial score (nSPS) is 12.0. The minimum Gasteiger partial charge on any atom is -0.496 e. The standard InChI is InChI=1S/C16H16ClFO3/c1-10(19)14-8-13(18)4-6-16(14)21-9-11-7-12(17)3-5-15(11)20-2/h3-8,10,19H,9H2,1-2H3/t10-/m0/s1. The summed E-state index contributed by atoms with van der Waals surface area (Å²) in [6, 6.07) is 9.26. The molecule has 0 aliphatic carbocycles. The van der Waals surface area contributed by atoms with E-state index in [0.717, 1.165) is 5.56 Å². The number of rotatable bonds is 5. The highest BCUT2D eigenvalue weighted by atomic mass is 35.5. The highest BCUT2D eigenvalue weighted by molar-refractivity contribution is 6.30. The summed E-state index contributed by atoms with van der Waals surface area (Å²) in [5.41, 5.74) is 1.17. The minimum atomic E-state index is -0.822. The van der Waals surface area contributed by atoms with E-state index in [1.54, 1.807) is 32.2 Å². The molecule has 112 valence electrons. The zero-order chi connectivity index (χ0) is 15.4. The van der Waals surface area contributed by atoms with Gasteiger partial charge in [0.1, 0.15) is 23.9 Å². The van der Waals surface area contributed by atoms with Gasteiger partial charge in [-0.15, -0.1) is 0 Å². The Bertz CT molecular complexity index is 629. The van der Waals surface area contributed by atoms with Crippen LogP contribution in [0.15, 0.2) is 36.4 Å². The number of ether oxygens (including phenoxy) is 2. The molecular weight excluding hydrogens is 295 g/mol. The van der Waals surface area contributed by atoms with E-state index in [0.29, 0.717) is 22.1 Å². The molecule has 2 rings (SSSR count). The van der Waals surface area contributed by atoms with E-state index in [9.17, 15) is 9.50 Å². The maximum absolute atomic E-state index is 13.2. The Labute approximate surface area is 127 Å². The Morgan fingerprint density at radius 1 is 1.19 bits per heavy atom. The second kappa shape index (κ2) is 6.78. The van der Waals surface area contributed by atoms with Crippen molar-refractivity contribution in [3.05, 3.63) is 58.4 Å². The van der Waals surface area contributed by atoms with Gasteiger partial charge >= 0.3 is 0 Å². The molecule has 0 unspecified atom stereocenters. The fourth-order valence-electron chi connectivity index (χ4n) is 1.99. The molecule has 0 amide bonds. The Kier molecular flexibility index (Phi) is 5.04. The van der Waals surface area contributed by atoms with E-state index in [4.69, 9.17) is 21.1 Å². The first-order valence-corrected chi connectivity index (χ1v) is 6.81. The number of methoxy groups -OCH3 is 1. The molecule has 0 aliphatic rings. The molecular formula is C16H16ClFO3. The van der Waals surface area contributed by atoms with E-state index >= 15 is 0 Å². The average molecular weight is 311 g/mol. The highest BCUT2D eigenvalue weighted by Crippen LogP contribution is 2.29. The van der Waals surface area contributed by atoms with Crippen molar-refractivity contribution < 1.29 is 19.0 Å². The third-order valence-corrected chi connectivity index (χ3v) is 3.28. The summed E-state index contributed by atoms with van der Waals surface area (Å²) in [5.74, 6) is 0.659. The van der Waals surface area contributed by atoms with Crippen LogP contribution in [0.4, 0.5) is 4.39 Å². The van der Waals surface area contributed by atoms with Gasteiger partial charge in [0, 0.05) is 16.1 Å². The molecule has 0 aliphatic heterocycles. The van der Waals surface area contributed by atoms with Crippen LogP contribution in [0.25, 0.3) is 0 Å². The molecule has 0 radical (unpaired) electrons. The third-order valence-electron chi connectivity index (χ3n) is 3.05. The Balaban J connectivity index is 2.22. The van der Waals surface area contributed by atoms with Gasteiger partial charge in [-0.3, -0.25) is 0 Å². The first-order chi connectivity index (χ1) is 10.0. The summed E-state index contributed by atoms with van der Waals surface area (Å²) < 4.78 is 24.1. The van der Waals surface area contributed by atoms with E-state index in [2.05, 4.69) is 0 Å². The van der Waals surface area contributed by atoms with Crippen LogP contribution in [-0.2, 0) is 6.61 Å². The van der Waals surface area contributed by atoms with Crippen LogP contribution in [0, 0.1) is 5.82 Å². The van der Waals surface area contributed by atoms with E-state index in [1.807, 2.05) is 0 Å². The molecule has 1 N–H and O–H groups in total. The second-order valence-corrected chi connectivity index (χ2v) is 5.04. The van der Waals surface area contributed by atoms with Crippen molar-refractivity contribution >= 4 is 11.6 Å². The number of benzene rings is 2. The molecule has 0 saturated carbocycles. The van der Waals surface area contributed by atoms with E-state index < -0.39 is 11.9 Å². The fraction of sp³-hybridized carbons (Fsp3) is 0.250. The Morgan fingerprint density at radius 2 is 1.90 bits per heavy atom. The summed E-state index contributed by atoms with van der Waals surface area (Å²) >= 11 is 5.96. The smallest absolute Gasteiger partial charge is 0.125 e. The Hall–Kier alpha value is -1.78. The summed E-state index contributed by atoms with van der Waals surface area (Å²) in [4.78, 5) is 0. The van der Waals surface area contributed by atoms with Crippen molar-refractivity contribution in [2.24, 2.45) is 0 Å². The number of aliphatic hydroxyl groups is 1. The van der Waals surface area contributed by atoms with Crippen molar-refractivity contribution in [2.75, 3.05) is 7.11 Å². The van der Waals surface area contributed by atoms with Gasteiger partial charge in [-0.25, -0.2) is 4.39 Å². The van der Waals surface area contributed by atoms with Crippen molar-refractivity contribution in [1.82, 2.24) is 0 Å². The van der Waals surface area contributed by atoms with Crippen LogP contribution in [-0.4, -0.2) is 12.2 Å². The largest absolute Gasteiger partial charge is 0.496 e. The van der Waals surface area contributed by atoms with Crippen LogP contribution in [0.1, 0.15) is 24.2 Å². The van der Waals surface area contributed by atoms with Crippen molar-refractivity contribution in [2.45, 2.75) is 19.6 Å². The number of aliphatic hydroxyl groups excluding tert-OH is 1. The molecule has 0 spiro atoms. The summed E-state index contributed by atoms with van der Waals surface area (Å²) in [7, 11) is 1.56. The zero-order valence-electron chi connectivity index (χ0n) is 11.8. The lowest BCUT2D eigenvalue weighted by molar-refractivity contribution is 0.189. The quantitative estimate of drug-likeness (QED) is 0.903. The first kappa shape index (κ1) is 15.6. The maximum atomic E-state index is 13.2. The molecule has 0 saturated heterocycles. The second-order valence-electron chi connectivity index (χ2n) is 4.60. The third kappa shape index (κ3) is 3.86. The minimum absolute atomic E-state index is 0.203. The molecule has 21 heavy (non-hydrogen) atoms. The highest BCUT2D eigenvalue weighted by Gasteiger charge is 2.12. The van der Waals surface area contributed by atoms with Gasteiger partial charge < -0.3 is 14.6 Å². The van der Waals surface area contributed by atoms with Crippen LogP contribution in [0.3, 0.4) is 0 Å². The van der Waals surface area contributed by atoms with Crippen LogP contribution < -0.4 is 9.47 Å². The molecule has 0 aromatic heterocycles. The first-order valence-electron chi connectivity index (χ1n) is 6.44. The van der Waals surface area contributed by atoms with Gasteiger partial charge in [0.25, 0.3) is 0 Å². The van der Waals surface area contributed by atoms with E-state index in [1.165, 1.54) is 18.2 Å². The Morgan fingerprint density at radius 3 is 2.57 bits per heavy atom. The lowest BCUT2D eigenvalue weighted by Gasteiger charge is -2.15. The predicted octanol–water partition coefficient (Wildman–Crippen LogP) is 4.12. The van der Waals surface area contributed by atoms with Crippen molar-refractivity contribution in [3.63, 3.8) is 0 Å². The topological polar surface area (TPSA) is 38.7 Å². The van der Waals surface area contributed by atoms with E-state index in [-0.39, 0.29) is 6.61 Å². The van der Waals surface area contributed by atoms with Gasteiger partial charge in [0.2, 0.25) is 0 Å². The van der Waals surface area contributed by atoms with Crippen molar-refractivity contribution in [3.8, 4) is 11.5 Å². The summed E-state index contributed by atoms with van der Waals surface area (Å²) in [6.07, 6.45) is -0.822. The zero-order valence-corrected chi connectivity index (χ0v) is 12.5. The maximum Gasteiger partial charge on any atom is 0.125 e. The molecule has 5 heteroatoms. The molecule has 2 aromatic rings. The molecule has 1 atom stereocenters. The SMILES string of the molecule is COc1ccc(Cl)cc1COc1ccc(F)cc1[C@H](C)O. The lowest BCUT2D eigenvalue weighted by Crippen LogP contribution is -2.03. The summed E-state index contributed by atoms with van der Waals surface area (Å²) in [6.45, 7) is 1.76. The van der Waals surface area contributed by atoms with Gasteiger partial charge in [0.15, 0.2) is 0 Å². The monoisotopic (exact) mass is 310 g/mol. The van der Waals surface area contributed by atoms with Gasteiger partial charge in [-0.05, 0) is 43.3 Å². The lowest BCUT2D eigenvalue weighted by atomic mass is 10.1. The van der Waals surface area contributed by atoms with Crippen LogP contribution in [0.5, 0.6) is 11.5 Å². The van der Waals surface area contributed by atoms with Gasteiger partial charge in [0.05, 0.1) is 13.2 Å². The van der Waals surface area contributed by atoms with Crippen molar-refractivity contribution in [1.29, 1.82) is 0 Å².